The molecule has 3 saturated carbocycles. The van der Waals surface area contributed by atoms with Gasteiger partial charge in [0.2, 0.25) is 0 Å². The molecule has 1 saturated heterocycles. The van der Waals surface area contributed by atoms with Crippen LogP contribution >= 0.6 is 0 Å². The predicted octanol–water partition coefficient (Wildman–Crippen LogP) is 11.6. The van der Waals surface area contributed by atoms with E-state index in [1.807, 2.05) is 0 Å². The SMILES string of the molecule is COCOC(C)(C)CCC[C@@H](C)[C@H]1CC[C@H]2/C(=C/C=C3C[C@@H](O[Si](C)(C)C(C)(C)C)C4(CO4)[C@H](O[Si](C)(C)C(C)(C)C)C3)CCC[C@]12C. The van der Waals surface area contributed by atoms with Crippen LogP contribution in [0.5, 0.6) is 0 Å². The van der Waals surface area contributed by atoms with Gasteiger partial charge in [0.1, 0.15) is 12.4 Å². The number of methoxy groups -OCH3 is 1. The van der Waals surface area contributed by atoms with Crippen molar-refractivity contribution in [3.8, 4) is 0 Å². The van der Waals surface area contributed by atoms with Crippen LogP contribution in [0.2, 0.25) is 36.3 Å². The molecule has 1 aliphatic heterocycles. The molecule has 0 aromatic heterocycles. The number of ether oxygens (including phenoxy) is 3. The lowest BCUT2D eigenvalue weighted by atomic mass is 9.60. The summed E-state index contributed by atoms with van der Waals surface area (Å²) < 4.78 is 32.0. The molecule has 0 bridgehead atoms. The van der Waals surface area contributed by atoms with Crippen molar-refractivity contribution >= 4 is 16.6 Å². The highest BCUT2D eigenvalue weighted by Crippen LogP contribution is 2.60. The average Bonchev–Trinajstić information content (AvgIpc) is 3.66. The Balaban J connectivity index is 1.53. The summed E-state index contributed by atoms with van der Waals surface area (Å²) in [6.45, 7) is 34.4. The molecule has 0 aromatic rings. The van der Waals surface area contributed by atoms with Crippen LogP contribution in [-0.2, 0) is 23.1 Å². The van der Waals surface area contributed by atoms with Crippen LogP contribution in [0.3, 0.4) is 0 Å². The van der Waals surface area contributed by atoms with Gasteiger partial charge in [-0.1, -0.05) is 91.5 Å². The Bertz CT molecular complexity index is 1110. The molecule has 4 rings (SSSR count). The molecule has 1 spiro atoms. The highest BCUT2D eigenvalue weighted by atomic mass is 28.4. The largest absolute Gasteiger partial charge is 0.410 e. The molecule has 7 heteroatoms. The van der Waals surface area contributed by atoms with Gasteiger partial charge in [0, 0.05) is 7.11 Å². The molecule has 3 aliphatic carbocycles. The summed E-state index contributed by atoms with van der Waals surface area (Å²) in [5.74, 6) is 2.25. The molecule has 6 atom stereocenters. The van der Waals surface area contributed by atoms with Crippen LogP contribution in [-0.4, -0.2) is 60.6 Å². The quantitative estimate of drug-likeness (QED) is 0.108. The topological polar surface area (TPSA) is 49.5 Å². The van der Waals surface area contributed by atoms with Crippen LogP contribution in [0.4, 0.5) is 0 Å². The second kappa shape index (κ2) is 14.6. The smallest absolute Gasteiger partial charge is 0.192 e. The van der Waals surface area contributed by atoms with Crippen molar-refractivity contribution in [2.45, 2.75) is 193 Å². The van der Waals surface area contributed by atoms with Gasteiger partial charge in [-0.15, -0.1) is 0 Å². The van der Waals surface area contributed by atoms with Gasteiger partial charge in [0.25, 0.3) is 0 Å². The molecule has 1 heterocycles. The van der Waals surface area contributed by atoms with Crippen LogP contribution in [0.25, 0.3) is 0 Å². The fourth-order valence-corrected chi connectivity index (χ4v) is 11.5. The summed E-state index contributed by atoms with van der Waals surface area (Å²) in [7, 11) is -2.30. The summed E-state index contributed by atoms with van der Waals surface area (Å²) in [6, 6.07) is 0. The minimum atomic E-state index is -2.00. The zero-order valence-electron chi connectivity index (χ0n) is 34.1. The molecule has 4 fully saturated rings. The van der Waals surface area contributed by atoms with Crippen molar-refractivity contribution in [3.63, 3.8) is 0 Å². The van der Waals surface area contributed by atoms with Crippen LogP contribution in [0, 0.1) is 23.2 Å². The van der Waals surface area contributed by atoms with Gasteiger partial charge in [-0.2, -0.15) is 0 Å². The summed E-state index contributed by atoms with van der Waals surface area (Å²) in [4.78, 5) is 0. The lowest BCUT2D eigenvalue weighted by Gasteiger charge is -2.48. The van der Waals surface area contributed by atoms with Gasteiger partial charge in [-0.05, 0) is 125 Å². The Morgan fingerprint density at radius 3 is 1.96 bits per heavy atom. The molecule has 48 heavy (non-hydrogen) atoms. The average molecular weight is 705 g/mol. The van der Waals surface area contributed by atoms with Crippen LogP contribution in [0.1, 0.15) is 133 Å². The van der Waals surface area contributed by atoms with E-state index >= 15 is 0 Å². The third-order valence-electron chi connectivity index (χ3n) is 14.2. The number of hydrogen-bond acceptors (Lipinski definition) is 5. The van der Waals surface area contributed by atoms with E-state index in [9.17, 15) is 0 Å². The zero-order chi connectivity index (χ0) is 36.0. The van der Waals surface area contributed by atoms with E-state index in [-0.39, 0.29) is 33.5 Å². The molecule has 0 unspecified atom stereocenters. The highest BCUT2D eigenvalue weighted by molar-refractivity contribution is 6.74. The van der Waals surface area contributed by atoms with Crippen molar-refractivity contribution in [1.82, 2.24) is 0 Å². The van der Waals surface area contributed by atoms with Gasteiger partial charge in [0.05, 0.1) is 24.4 Å². The van der Waals surface area contributed by atoms with Crippen LogP contribution < -0.4 is 0 Å². The van der Waals surface area contributed by atoms with Crippen molar-refractivity contribution in [1.29, 1.82) is 0 Å². The van der Waals surface area contributed by atoms with Gasteiger partial charge >= 0.3 is 0 Å². The van der Waals surface area contributed by atoms with E-state index in [1.165, 1.54) is 50.5 Å². The highest BCUT2D eigenvalue weighted by Gasteiger charge is 2.63. The second-order valence-electron chi connectivity index (χ2n) is 20.2. The maximum absolute atomic E-state index is 7.25. The standard InChI is InChI=1S/C41H76O5Si2/c1-30(18-16-24-39(8,9)44-29-42-11)33-22-23-34-32(19-17-25-40(33,34)10)21-20-31-26-35(45-47(12,13)37(2,3)4)41(28-43-41)36(27-31)46-48(14,15)38(5,6)7/h20-21,30,33-36H,16-19,22-29H2,1-15H3/b31-20?,32-21+/t30-,33-,34+,35-,36-,40-,41?/m1/s1. The summed E-state index contributed by atoms with van der Waals surface area (Å²) >= 11 is 0. The summed E-state index contributed by atoms with van der Waals surface area (Å²) in [5, 5.41) is 0.303. The Morgan fingerprint density at radius 1 is 0.896 bits per heavy atom. The van der Waals surface area contributed by atoms with E-state index < -0.39 is 16.6 Å². The van der Waals surface area contributed by atoms with Gasteiger partial charge in [-0.25, -0.2) is 0 Å². The number of rotatable bonds is 13. The Hall–Kier alpha value is -0.286. The molecule has 0 N–H and O–H groups in total. The van der Waals surface area contributed by atoms with E-state index in [4.69, 9.17) is 23.1 Å². The monoisotopic (exact) mass is 705 g/mol. The maximum atomic E-state index is 7.25. The summed E-state index contributed by atoms with van der Waals surface area (Å²) in [6.07, 6.45) is 17.3. The third-order valence-corrected chi connectivity index (χ3v) is 23.2. The lowest BCUT2D eigenvalue weighted by molar-refractivity contribution is -0.118. The van der Waals surface area contributed by atoms with E-state index in [2.05, 4.69) is 108 Å². The Labute approximate surface area is 299 Å². The molecular weight excluding hydrogens is 629 g/mol. The minimum absolute atomic E-state index is 0.0600. The fourth-order valence-electron chi connectivity index (χ4n) is 8.83. The molecule has 4 aliphatic rings. The van der Waals surface area contributed by atoms with Crippen molar-refractivity contribution in [2.75, 3.05) is 20.5 Å². The Morgan fingerprint density at radius 2 is 1.46 bits per heavy atom. The first-order valence-corrected chi connectivity index (χ1v) is 25.3. The first-order chi connectivity index (χ1) is 22.0. The van der Waals surface area contributed by atoms with E-state index in [0.29, 0.717) is 18.1 Å². The maximum Gasteiger partial charge on any atom is 0.192 e. The number of epoxide rings is 1. The fraction of sp³-hybridized carbons (Fsp3) is 0.902. The van der Waals surface area contributed by atoms with E-state index in [1.54, 1.807) is 12.7 Å². The number of fused-ring (bicyclic) bond motifs is 1. The third kappa shape index (κ3) is 8.83. The Kier molecular flexibility index (Phi) is 12.3. The van der Waals surface area contributed by atoms with Gasteiger partial charge in [0.15, 0.2) is 16.6 Å². The van der Waals surface area contributed by atoms with Gasteiger partial charge < -0.3 is 23.1 Å². The molecule has 0 radical (unpaired) electrons. The van der Waals surface area contributed by atoms with Crippen molar-refractivity contribution in [2.24, 2.45) is 23.2 Å². The number of hydrogen-bond donors (Lipinski definition) is 0. The molecule has 0 amide bonds. The van der Waals surface area contributed by atoms with Crippen LogP contribution in [0.15, 0.2) is 23.3 Å². The molecular formula is C41H76O5Si2. The minimum Gasteiger partial charge on any atom is -0.410 e. The zero-order valence-corrected chi connectivity index (χ0v) is 36.1. The normalized spacial score (nSPS) is 33.3. The molecule has 5 nitrogen and oxygen atoms in total. The predicted molar refractivity (Wildman–Crippen MR) is 206 cm³/mol. The second-order valence-corrected chi connectivity index (χ2v) is 29.7. The van der Waals surface area contributed by atoms with Crippen molar-refractivity contribution < 1.29 is 23.1 Å². The molecule has 278 valence electrons. The lowest BCUT2D eigenvalue weighted by Crippen LogP contribution is -2.57. The first kappa shape index (κ1) is 40.5. The van der Waals surface area contributed by atoms with E-state index in [0.717, 1.165) is 37.7 Å². The van der Waals surface area contributed by atoms with Gasteiger partial charge in [-0.3, -0.25) is 0 Å². The first-order valence-electron chi connectivity index (χ1n) is 19.5. The molecule has 0 aromatic carbocycles. The summed E-state index contributed by atoms with van der Waals surface area (Å²) in [5.41, 5.74) is 3.18. The van der Waals surface area contributed by atoms with Crippen molar-refractivity contribution in [3.05, 3.63) is 23.3 Å². The number of allylic oxidation sites excluding steroid dienone is 3.